The highest BCUT2D eigenvalue weighted by Gasteiger charge is 2.33. The molecule has 3 aromatic rings. The summed E-state index contributed by atoms with van der Waals surface area (Å²) in [4.78, 5) is 28.5. The molecule has 0 spiro atoms. The summed E-state index contributed by atoms with van der Waals surface area (Å²) in [5.41, 5.74) is 0.925. The number of nitrogens with one attached hydrogen (secondary N) is 1. The van der Waals surface area contributed by atoms with Gasteiger partial charge in [-0.15, -0.1) is 0 Å². The Bertz CT molecular complexity index is 1380. The fraction of sp³-hybridized carbons (Fsp3) is 0.333. The lowest BCUT2D eigenvalue weighted by molar-refractivity contribution is -0.139. The van der Waals surface area contributed by atoms with E-state index >= 15 is 0 Å². The molecule has 3 rings (SSSR count). The Hall–Kier alpha value is -3.56. The van der Waals surface area contributed by atoms with Gasteiger partial charge in [0.05, 0.1) is 17.2 Å². The van der Waals surface area contributed by atoms with E-state index in [0.29, 0.717) is 22.9 Å². The summed E-state index contributed by atoms with van der Waals surface area (Å²) < 4.78 is 34.2. The lowest BCUT2D eigenvalue weighted by Crippen LogP contribution is -2.52. The van der Waals surface area contributed by atoms with Gasteiger partial charge in [-0.1, -0.05) is 54.9 Å². The van der Waals surface area contributed by atoms with E-state index in [-0.39, 0.29) is 29.1 Å². The number of rotatable bonds is 13. The second kappa shape index (κ2) is 14.2. The van der Waals surface area contributed by atoms with Crippen LogP contribution in [0.1, 0.15) is 39.7 Å². The van der Waals surface area contributed by atoms with Crippen LogP contribution in [-0.2, 0) is 26.2 Å². The predicted octanol–water partition coefficient (Wildman–Crippen LogP) is 5.27. The Morgan fingerprint density at radius 3 is 2.15 bits per heavy atom. The minimum absolute atomic E-state index is 0.0239. The summed E-state index contributed by atoms with van der Waals surface area (Å²) >= 11 is 6.40. The van der Waals surface area contributed by atoms with Crippen molar-refractivity contribution in [1.29, 1.82) is 0 Å². The Kier molecular flexibility index (Phi) is 11.0. The minimum Gasteiger partial charge on any atom is -0.494 e. The standard InChI is InChI=1S/C30H36ClN3O5S/c1-5-22(3)32-30(36)23(4)33(20-24-12-10-11-15-28(24)31)29(35)21-34(25-16-18-26(19-17-25)39-6-2)40(37,38)27-13-8-7-9-14-27/h7-19,22-23H,5-6,20-21H2,1-4H3,(H,32,36). The van der Waals surface area contributed by atoms with E-state index in [1.165, 1.54) is 17.0 Å². The lowest BCUT2D eigenvalue weighted by atomic mass is 10.1. The molecule has 0 aliphatic carbocycles. The largest absolute Gasteiger partial charge is 0.494 e. The van der Waals surface area contributed by atoms with Crippen LogP contribution in [-0.4, -0.2) is 50.4 Å². The highest BCUT2D eigenvalue weighted by atomic mass is 35.5. The number of carbonyl (C=O) groups excluding carboxylic acids is 2. The zero-order chi connectivity index (χ0) is 29.3. The Morgan fingerprint density at radius 2 is 1.55 bits per heavy atom. The first-order valence-corrected chi connectivity index (χ1v) is 15.0. The molecular weight excluding hydrogens is 550 g/mol. The first kappa shape index (κ1) is 31.0. The van der Waals surface area contributed by atoms with Crippen molar-refractivity contribution >= 4 is 39.1 Å². The molecule has 0 bridgehead atoms. The molecule has 2 amide bonds. The average molecular weight is 586 g/mol. The van der Waals surface area contributed by atoms with Gasteiger partial charge in [-0.25, -0.2) is 8.42 Å². The van der Waals surface area contributed by atoms with Gasteiger partial charge in [0.15, 0.2) is 0 Å². The molecule has 2 atom stereocenters. The van der Waals surface area contributed by atoms with Crippen molar-refractivity contribution in [3.63, 3.8) is 0 Å². The third kappa shape index (κ3) is 7.76. The summed E-state index contributed by atoms with van der Waals surface area (Å²) in [6.45, 7) is 7.25. The normalized spacial score (nSPS) is 12.7. The van der Waals surface area contributed by atoms with Gasteiger partial charge < -0.3 is 15.0 Å². The lowest BCUT2D eigenvalue weighted by Gasteiger charge is -2.32. The van der Waals surface area contributed by atoms with Crippen LogP contribution < -0.4 is 14.4 Å². The molecule has 0 radical (unpaired) electrons. The van der Waals surface area contributed by atoms with Gasteiger partial charge >= 0.3 is 0 Å². The molecule has 0 saturated carbocycles. The maximum atomic E-state index is 14.0. The van der Waals surface area contributed by atoms with E-state index in [2.05, 4.69) is 5.32 Å². The summed E-state index contributed by atoms with van der Waals surface area (Å²) in [5, 5.41) is 3.35. The molecule has 8 nitrogen and oxygen atoms in total. The molecule has 0 saturated heterocycles. The number of hydrogen-bond acceptors (Lipinski definition) is 5. The van der Waals surface area contributed by atoms with E-state index < -0.39 is 28.5 Å². The van der Waals surface area contributed by atoms with Gasteiger partial charge in [0.1, 0.15) is 18.3 Å². The van der Waals surface area contributed by atoms with Crippen molar-refractivity contribution in [2.24, 2.45) is 0 Å². The van der Waals surface area contributed by atoms with Crippen molar-refractivity contribution in [3.05, 3.63) is 89.4 Å². The fourth-order valence-electron chi connectivity index (χ4n) is 3.98. The number of hydrogen-bond donors (Lipinski definition) is 1. The van der Waals surface area contributed by atoms with E-state index in [0.717, 1.165) is 10.7 Å². The molecule has 1 N–H and O–H groups in total. The van der Waals surface area contributed by atoms with Crippen molar-refractivity contribution < 1.29 is 22.7 Å². The Morgan fingerprint density at radius 1 is 0.925 bits per heavy atom. The second-order valence-electron chi connectivity index (χ2n) is 9.36. The van der Waals surface area contributed by atoms with Crippen molar-refractivity contribution in [3.8, 4) is 5.75 Å². The van der Waals surface area contributed by atoms with Crippen LogP contribution >= 0.6 is 11.6 Å². The predicted molar refractivity (Wildman–Crippen MR) is 158 cm³/mol. The maximum Gasteiger partial charge on any atom is 0.264 e. The Balaban J connectivity index is 2.02. The Labute approximate surface area is 241 Å². The SMILES string of the molecule is CCOc1ccc(N(CC(=O)N(Cc2ccccc2Cl)C(C)C(=O)NC(C)CC)S(=O)(=O)c2ccccc2)cc1. The van der Waals surface area contributed by atoms with E-state index in [1.54, 1.807) is 73.7 Å². The molecule has 0 aromatic heterocycles. The molecule has 0 aliphatic rings. The third-order valence-electron chi connectivity index (χ3n) is 6.51. The fourth-order valence-corrected chi connectivity index (χ4v) is 5.61. The van der Waals surface area contributed by atoms with Gasteiger partial charge in [0.25, 0.3) is 10.0 Å². The summed E-state index contributed by atoms with van der Waals surface area (Å²) in [6.07, 6.45) is 0.720. The van der Waals surface area contributed by atoms with Crippen molar-refractivity contribution in [1.82, 2.24) is 10.2 Å². The molecule has 3 aromatic carbocycles. The van der Waals surface area contributed by atoms with Crippen LogP contribution in [0, 0.1) is 0 Å². The number of carbonyl (C=O) groups is 2. The first-order chi connectivity index (χ1) is 19.1. The van der Waals surface area contributed by atoms with Crippen LogP contribution in [0.15, 0.2) is 83.8 Å². The monoisotopic (exact) mass is 585 g/mol. The molecule has 0 aliphatic heterocycles. The molecule has 0 fully saturated rings. The molecule has 40 heavy (non-hydrogen) atoms. The summed E-state index contributed by atoms with van der Waals surface area (Å²) in [6, 6.07) is 20.5. The minimum atomic E-state index is -4.14. The van der Waals surface area contributed by atoms with Crippen LogP contribution in [0.25, 0.3) is 0 Å². The van der Waals surface area contributed by atoms with Crippen molar-refractivity contribution in [2.45, 2.75) is 57.6 Å². The highest BCUT2D eigenvalue weighted by molar-refractivity contribution is 7.92. The smallest absolute Gasteiger partial charge is 0.264 e. The first-order valence-electron chi connectivity index (χ1n) is 13.2. The van der Waals surface area contributed by atoms with Crippen LogP contribution in [0.2, 0.25) is 5.02 Å². The van der Waals surface area contributed by atoms with Gasteiger partial charge in [-0.2, -0.15) is 0 Å². The number of nitrogens with zero attached hydrogens (tertiary/aromatic N) is 2. The number of sulfonamides is 1. The second-order valence-corrected chi connectivity index (χ2v) is 11.6. The maximum absolute atomic E-state index is 14.0. The summed E-state index contributed by atoms with van der Waals surface area (Å²) in [7, 11) is -4.14. The van der Waals surface area contributed by atoms with E-state index in [9.17, 15) is 18.0 Å². The van der Waals surface area contributed by atoms with Crippen LogP contribution in [0.4, 0.5) is 5.69 Å². The van der Waals surface area contributed by atoms with E-state index in [4.69, 9.17) is 16.3 Å². The van der Waals surface area contributed by atoms with Gasteiger partial charge in [-0.05, 0) is 75.2 Å². The zero-order valence-corrected chi connectivity index (χ0v) is 24.8. The molecule has 10 heteroatoms. The van der Waals surface area contributed by atoms with Crippen LogP contribution in [0.5, 0.6) is 5.75 Å². The quantitative estimate of drug-likeness (QED) is 0.295. The topological polar surface area (TPSA) is 96.0 Å². The van der Waals surface area contributed by atoms with Crippen LogP contribution in [0.3, 0.4) is 0 Å². The van der Waals surface area contributed by atoms with Gasteiger partial charge in [0, 0.05) is 17.6 Å². The third-order valence-corrected chi connectivity index (χ3v) is 8.67. The number of ether oxygens (including phenoxy) is 1. The number of amides is 2. The van der Waals surface area contributed by atoms with Crippen molar-refractivity contribution in [2.75, 3.05) is 17.5 Å². The van der Waals surface area contributed by atoms with Gasteiger partial charge in [0.2, 0.25) is 11.8 Å². The summed E-state index contributed by atoms with van der Waals surface area (Å²) in [5.74, 6) is -0.321. The average Bonchev–Trinajstić information content (AvgIpc) is 2.96. The molecule has 0 heterocycles. The molecule has 2 unspecified atom stereocenters. The molecular formula is C30H36ClN3O5S. The molecule has 214 valence electrons. The number of benzene rings is 3. The highest BCUT2D eigenvalue weighted by Crippen LogP contribution is 2.27. The number of anilines is 1. The number of halogens is 1. The van der Waals surface area contributed by atoms with Gasteiger partial charge in [-0.3, -0.25) is 13.9 Å². The van der Waals surface area contributed by atoms with E-state index in [1.807, 2.05) is 20.8 Å². The zero-order valence-electron chi connectivity index (χ0n) is 23.2.